The first-order valence-corrected chi connectivity index (χ1v) is 10.7. The van der Waals surface area contributed by atoms with Gasteiger partial charge in [-0.15, -0.1) is 0 Å². The Kier molecular flexibility index (Phi) is 5.44. The summed E-state index contributed by atoms with van der Waals surface area (Å²) in [5, 5.41) is 0.260. The van der Waals surface area contributed by atoms with Crippen molar-refractivity contribution >= 4 is 33.2 Å². The third kappa shape index (κ3) is 4.09. The van der Waals surface area contributed by atoms with E-state index in [0.29, 0.717) is 17.7 Å². The fraction of sp³-hybridized carbons (Fsp3) is 0.368. The van der Waals surface area contributed by atoms with Crippen LogP contribution in [0.25, 0.3) is 0 Å². The van der Waals surface area contributed by atoms with E-state index in [1.165, 1.54) is 6.07 Å². The molecule has 27 heavy (non-hydrogen) atoms. The minimum absolute atomic E-state index is 0.0818. The van der Waals surface area contributed by atoms with Crippen molar-refractivity contribution in [3.63, 3.8) is 0 Å². The van der Waals surface area contributed by atoms with E-state index in [4.69, 9.17) is 16.3 Å². The molecule has 0 bridgehead atoms. The highest BCUT2D eigenvalue weighted by atomic mass is 35.5. The number of rotatable bonds is 5. The van der Waals surface area contributed by atoms with Crippen molar-refractivity contribution in [2.75, 3.05) is 18.1 Å². The normalized spacial score (nSPS) is 18.4. The average molecular weight is 410 g/mol. The van der Waals surface area contributed by atoms with Crippen LogP contribution in [0.1, 0.15) is 44.6 Å². The van der Waals surface area contributed by atoms with Gasteiger partial charge < -0.3 is 9.30 Å². The van der Waals surface area contributed by atoms with Crippen molar-refractivity contribution in [1.82, 2.24) is 4.57 Å². The number of carbonyl (C=O) groups excluding carboxylic acids is 2. The first-order chi connectivity index (χ1) is 12.7. The Labute approximate surface area is 163 Å². The smallest absolute Gasteiger partial charge is 0.340 e. The third-order valence-electron chi connectivity index (χ3n) is 4.79. The van der Waals surface area contributed by atoms with Crippen molar-refractivity contribution < 1.29 is 22.7 Å². The minimum atomic E-state index is -3.03. The Morgan fingerprint density at radius 2 is 1.93 bits per heavy atom. The Balaban J connectivity index is 1.73. The molecule has 1 unspecified atom stereocenters. The molecule has 1 aliphatic rings. The first kappa shape index (κ1) is 19.6. The molecule has 3 rings (SSSR count). The standard InChI is InChI=1S/C19H20ClNO5S/c1-12-9-16(13(2)21(12)14-7-8-27(24,25)11-14)18(22)10-26-19(23)15-5-3-4-6-17(15)20/h3-6,9,14H,7-8,10-11H2,1-2H3. The fourth-order valence-corrected chi connectivity index (χ4v) is 5.43. The number of Topliss-reactive ketones (excluding diaryl/α,β-unsaturated/α-hetero) is 1. The maximum atomic E-state index is 12.6. The van der Waals surface area contributed by atoms with Gasteiger partial charge in [-0.05, 0) is 38.5 Å². The monoisotopic (exact) mass is 409 g/mol. The molecule has 0 amide bonds. The van der Waals surface area contributed by atoms with Crippen LogP contribution in [0.2, 0.25) is 5.02 Å². The third-order valence-corrected chi connectivity index (χ3v) is 6.87. The molecule has 1 saturated heterocycles. The molecule has 1 aromatic carbocycles. The van der Waals surface area contributed by atoms with Crippen LogP contribution in [0.3, 0.4) is 0 Å². The van der Waals surface area contributed by atoms with E-state index in [9.17, 15) is 18.0 Å². The number of benzene rings is 1. The Hall–Kier alpha value is -2.12. The maximum Gasteiger partial charge on any atom is 0.340 e. The lowest BCUT2D eigenvalue weighted by Gasteiger charge is -2.16. The average Bonchev–Trinajstić information content (AvgIpc) is 3.11. The Bertz CT molecular complexity index is 1010. The van der Waals surface area contributed by atoms with Gasteiger partial charge >= 0.3 is 5.97 Å². The van der Waals surface area contributed by atoms with Crippen molar-refractivity contribution in [2.24, 2.45) is 0 Å². The molecule has 0 saturated carbocycles. The van der Waals surface area contributed by atoms with Crippen LogP contribution in [-0.2, 0) is 14.6 Å². The van der Waals surface area contributed by atoms with E-state index >= 15 is 0 Å². The number of aromatic nitrogens is 1. The lowest BCUT2D eigenvalue weighted by atomic mass is 10.1. The summed E-state index contributed by atoms with van der Waals surface area (Å²) in [6.07, 6.45) is 0.536. The van der Waals surface area contributed by atoms with E-state index < -0.39 is 22.4 Å². The zero-order valence-electron chi connectivity index (χ0n) is 15.1. The predicted octanol–water partition coefficient (Wildman–Crippen LogP) is 3.16. The van der Waals surface area contributed by atoms with Crippen molar-refractivity contribution in [3.05, 3.63) is 57.9 Å². The zero-order valence-corrected chi connectivity index (χ0v) is 16.6. The number of ketones is 1. The second-order valence-electron chi connectivity index (χ2n) is 6.69. The van der Waals surface area contributed by atoms with E-state index in [1.807, 2.05) is 11.5 Å². The molecule has 0 spiro atoms. The number of nitrogens with zero attached hydrogens (tertiary/aromatic N) is 1. The first-order valence-electron chi connectivity index (χ1n) is 8.53. The molecule has 6 nitrogen and oxygen atoms in total. The second kappa shape index (κ2) is 7.48. The molecule has 1 atom stereocenters. The largest absolute Gasteiger partial charge is 0.454 e. The molecular formula is C19H20ClNO5S. The summed E-state index contributed by atoms with van der Waals surface area (Å²) in [6, 6.07) is 8.01. The molecule has 1 fully saturated rings. The van der Waals surface area contributed by atoms with Crippen LogP contribution < -0.4 is 0 Å². The SMILES string of the molecule is Cc1cc(C(=O)COC(=O)c2ccccc2Cl)c(C)n1C1CCS(=O)(=O)C1. The number of hydrogen-bond donors (Lipinski definition) is 0. The van der Waals surface area contributed by atoms with Gasteiger partial charge in [-0.2, -0.15) is 0 Å². The highest BCUT2D eigenvalue weighted by Crippen LogP contribution is 2.29. The molecule has 0 aliphatic carbocycles. The van der Waals surface area contributed by atoms with Gasteiger partial charge in [0, 0.05) is 23.0 Å². The number of halogens is 1. The molecule has 8 heteroatoms. The summed E-state index contributed by atoms with van der Waals surface area (Å²) >= 11 is 5.96. The van der Waals surface area contributed by atoms with Crippen LogP contribution in [0.15, 0.2) is 30.3 Å². The number of ether oxygens (including phenoxy) is 1. The number of carbonyl (C=O) groups is 2. The highest BCUT2D eigenvalue weighted by molar-refractivity contribution is 7.91. The topological polar surface area (TPSA) is 82.4 Å². The molecular weight excluding hydrogens is 390 g/mol. The van der Waals surface area contributed by atoms with Crippen LogP contribution in [0, 0.1) is 13.8 Å². The van der Waals surface area contributed by atoms with Gasteiger partial charge in [0.25, 0.3) is 0 Å². The zero-order chi connectivity index (χ0) is 19.8. The van der Waals surface area contributed by atoms with Crippen LogP contribution >= 0.6 is 11.6 Å². The van der Waals surface area contributed by atoms with E-state index in [-0.39, 0.29) is 33.9 Å². The molecule has 144 valence electrons. The molecule has 1 aromatic heterocycles. The summed E-state index contributed by atoms with van der Waals surface area (Å²) in [5.41, 5.74) is 2.14. The van der Waals surface area contributed by atoms with Crippen LogP contribution in [-0.4, -0.2) is 42.9 Å². The van der Waals surface area contributed by atoms with E-state index in [0.717, 1.165) is 5.69 Å². The number of esters is 1. The highest BCUT2D eigenvalue weighted by Gasteiger charge is 2.31. The van der Waals surface area contributed by atoms with Gasteiger partial charge in [0.15, 0.2) is 16.4 Å². The van der Waals surface area contributed by atoms with Crippen molar-refractivity contribution in [3.8, 4) is 0 Å². The van der Waals surface area contributed by atoms with Gasteiger partial charge in [0.1, 0.15) is 0 Å². The molecule has 1 aliphatic heterocycles. The van der Waals surface area contributed by atoms with E-state index in [1.54, 1.807) is 31.2 Å². The lowest BCUT2D eigenvalue weighted by Crippen LogP contribution is -2.17. The van der Waals surface area contributed by atoms with Gasteiger partial charge in [-0.1, -0.05) is 23.7 Å². The Morgan fingerprint density at radius 1 is 1.22 bits per heavy atom. The lowest BCUT2D eigenvalue weighted by molar-refractivity contribution is 0.0474. The van der Waals surface area contributed by atoms with Crippen molar-refractivity contribution in [1.29, 1.82) is 0 Å². The van der Waals surface area contributed by atoms with E-state index in [2.05, 4.69) is 0 Å². The number of hydrogen-bond acceptors (Lipinski definition) is 5. The summed E-state index contributed by atoms with van der Waals surface area (Å²) in [7, 11) is -3.03. The molecule has 0 radical (unpaired) electrons. The quantitative estimate of drug-likeness (QED) is 0.559. The summed E-state index contributed by atoms with van der Waals surface area (Å²) in [6.45, 7) is 3.21. The molecule has 2 heterocycles. The molecule has 0 N–H and O–H groups in total. The summed E-state index contributed by atoms with van der Waals surface area (Å²) in [4.78, 5) is 24.7. The van der Waals surface area contributed by atoms with Crippen molar-refractivity contribution in [2.45, 2.75) is 26.3 Å². The van der Waals surface area contributed by atoms with Crippen LogP contribution in [0.4, 0.5) is 0 Å². The van der Waals surface area contributed by atoms with Gasteiger partial charge in [-0.25, -0.2) is 13.2 Å². The van der Waals surface area contributed by atoms with Gasteiger partial charge in [0.05, 0.1) is 22.1 Å². The number of sulfone groups is 1. The predicted molar refractivity (Wildman–Crippen MR) is 102 cm³/mol. The number of aryl methyl sites for hydroxylation is 1. The van der Waals surface area contributed by atoms with Gasteiger partial charge in [-0.3, -0.25) is 4.79 Å². The molecule has 2 aromatic rings. The Morgan fingerprint density at radius 3 is 2.56 bits per heavy atom. The fourth-order valence-electron chi connectivity index (χ4n) is 3.51. The van der Waals surface area contributed by atoms with Crippen LogP contribution in [0.5, 0.6) is 0 Å². The minimum Gasteiger partial charge on any atom is -0.454 e. The maximum absolute atomic E-state index is 12.6. The second-order valence-corrected chi connectivity index (χ2v) is 9.33. The van der Waals surface area contributed by atoms with Gasteiger partial charge in [0.2, 0.25) is 5.78 Å². The summed E-state index contributed by atoms with van der Waals surface area (Å²) < 4.78 is 30.5. The summed E-state index contributed by atoms with van der Waals surface area (Å²) in [5.74, 6) is -0.758.